The van der Waals surface area contributed by atoms with Crippen molar-refractivity contribution in [3.63, 3.8) is 0 Å². The molecule has 2 aromatic carbocycles. The first-order valence-corrected chi connectivity index (χ1v) is 9.23. The molecule has 1 fully saturated rings. The predicted molar refractivity (Wildman–Crippen MR) is 108 cm³/mol. The van der Waals surface area contributed by atoms with Crippen LogP contribution in [0.25, 0.3) is 6.08 Å². The Balaban J connectivity index is 1.44. The summed E-state index contributed by atoms with van der Waals surface area (Å²) in [6.07, 6.45) is 2.92. The number of anilines is 1. The highest BCUT2D eigenvalue weighted by atomic mass is 16.5. The molecule has 0 atom stereocenters. The molecular weight excluding hydrogens is 356 g/mol. The van der Waals surface area contributed by atoms with Crippen molar-refractivity contribution in [3.05, 3.63) is 66.2 Å². The molecule has 1 aliphatic rings. The van der Waals surface area contributed by atoms with E-state index in [-0.39, 0.29) is 12.5 Å². The molecule has 1 amide bonds. The molecule has 0 radical (unpaired) electrons. The van der Waals surface area contributed by atoms with E-state index in [1.165, 1.54) is 6.08 Å². The Morgan fingerprint density at radius 1 is 0.964 bits per heavy atom. The molecule has 146 valence electrons. The van der Waals surface area contributed by atoms with Crippen molar-refractivity contribution in [2.75, 3.05) is 44.8 Å². The first kappa shape index (κ1) is 19.5. The van der Waals surface area contributed by atoms with Gasteiger partial charge >= 0.3 is 5.97 Å². The number of rotatable bonds is 6. The second-order valence-electron chi connectivity index (χ2n) is 6.39. The maximum absolute atomic E-state index is 12.3. The molecule has 3 rings (SSSR count). The van der Waals surface area contributed by atoms with Crippen LogP contribution in [0.1, 0.15) is 5.56 Å². The molecule has 0 bridgehead atoms. The van der Waals surface area contributed by atoms with E-state index in [1.54, 1.807) is 18.1 Å². The number of carbonyl (C=O) groups excluding carboxylic acids is 2. The van der Waals surface area contributed by atoms with Gasteiger partial charge in [0.15, 0.2) is 6.61 Å². The molecule has 0 spiro atoms. The summed E-state index contributed by atoms with van der Waals surface area (Å²) in [7, 11) is 1.57. The van der Waals surface area contributed by atoms with Gasteiger partial charge in [-0.25, -0.2) is 4.79 Å². The molecule has 1 aliphatic heterocycles. The quantitative estimate of drug-likeness (QED) is 0.570. The van der Waals surface area contributed by atoms with Crippen molar-refractivity contribution in [2.45, 2.75) is 0 Å². The van der Waals surface area contributed by atoms with Gasteiger partial charge in [-0.1, -0.05) is 36.4 Å². The van der Waals surface area contributed by atoms with Crippen molar-refractivity contribution in [3.8, 4) is 5.75 Å². The molecule has 0 unspecified atom stereocenters. The molecule has 0 saturated carbocycles. The highest BCUT2D eigenvalue weighted by Crippen LogP contribution is 2.18. The maximum Gasteiger partial charge on any atom is 0.331 e. The summed E-state index contributed by atoms with van der Waals surface area (Å²) in [5.74, 6) is -0.0622. The Bertz CT molecular complexity index is 827. The minimum absolute atomic E-state index is 0.174. The topological polar surface area (TPSA) is 59.1 Å². The number of amides is 1. The second kappa shape index (κ2) is 9.60. The van der Waals surface area contributed by atoms with Gasteiger partial charge in [0.1, 0.15) is 5.75 Å². The lowest BCUT2D eigenvalue weighted by Gasteiger charge is -2.36. The fourth-order valence-electron chi connectivity index (χ4n) is 3.09. The van der Waals surface area contributed by atoms with E-state index in [2.05, 4.69) is 17.0 Å². The highest BCUT2D eigenvalue weighted by Gasteiger charge is 2.21. The number of piperazine rings is 1. The van der Waals surface area contributed by atoms with Crippen LogP contribution < -0.4 is 9.64 Å². The predicted octanol–water partition coefficient (Wildman–Crippen LogP) is 2.60. The van der Waals surface area contributed by atoms with Gasteiger partial charge in [0.2, 0.25) is 0 Å². The number of para-hydroxylation sites is 2. The van der Waals surface area contributed by atoms with Crippen LogP contribution in [0.15, 0.2) is 60.7 Å². The third-order valence-corrected chi connectivity index (χ3v) is 4.63. The largest absolute Gasteiger partial charge is 0.496 e. The van der Waals surface area contributed by atoms with Gasteiger partial charge in [-0.05, 0) is 24.3 Å². The van der Waals surface area contributed by atoms with Gasteiger partial charge in [-0.2, -0.15) is 0 Å². The molecule has 6 heteroatoms. The van der Waals surface area contributed by atoms with Crippen LogP contribution in [0.3, 0.4) is 0 Å². The summed E-state index contributed by atoms with van der Waals surface area (Å²) < 4.78 is 10.3. The Hall–Kier alpha value is -3.28. The lowest BCUT2D eigenvalue weighted by atomic mass is 10.2. The zero-order valence-corrected chi connectivity index (χ0v) is 15.9. The first-order valence-electron chi connectivity index (χ1n) is 9.23. The standard InChI is InChI=1S/C22H24N2O4/c1-27-20-10-6-5-7-18(20)11-12-22(26)28-17-21(25)24-15-13-23(14-16-24)19-8-3-2-4-9-19/h2-12H,13-17H2,1H3/b12-11+. The smallest absolute Gasteiger partial charge is 0.331 e. The monoisotopic (exact) mass is 380 g/mol. The minimum atomic E-state index is -0.554. The summed E-state index contributed by atoms with van der Waals surface area (Å²) in [6.45, 7) is 2.50. The maximum atomic E-state index is 12.3. The van der Waals surface area contributed by atoms with E-state index in [9.17, 15) is 9.59 Å². The highest BCUT2D eigenvalue weighted by molar-refractivity contribution is 5.89. The van der Waals surface area contributed by atoms with Crippen molar-refractivity contribution in [1.29, 1.82) is 0 Å². The van der Waals surface area contributed by atoms with Crippen LogP contribution in [-0.2, 0) is 14.3 Å². The number of benzene rings is 2. The molecular formula is C22H24N2O4. The van der Waals surface area contributed by atoms with Gasteiger partial charge < -0.3 is 19.3 Å². The minimum Gasteiger partial charge on any atom is -0.496 e. The van der Waals surface area contributed by atoms with Crippen LogP contribution in [0.5, 0.6) is 5.75 Å². The Morgan fingerprint density at radius 2 is 1.64 bits per heavy atom. The number of ether oxygens (including phenoxy) is 2. The van der Waals surface area contributed by atoms with E-state index in [4.69, 9.17) is 9.47 Å². The van der Waals surface area contributed by atoms with Crippen LogP contribution in [0, 0.1) is 0 Å². The summed E-state index contributed by atoms with van der Waals surface area (Å²) >= 11 is 0. The fourth-order valence-corrected chi connectivity index (χ4v) is 3.09. The summed E-state index contributed by atoms with van der Waals surface area (Å²) in [6, 6.07) is 17.5. The van der Waals surface area contributed by atoms with Crippen molar-refractivity contribution in [2.24, 2.45) is 0 Å². The zero-order valence-electron chi connectivity index (χ0n) is 15.9. The SMILES string of the molecule is COc1ccccc1/C=C/C(=O)OCC(=O)N1CCN(c2ccccc2)CC1. The van der Waals surface area contributed by atoms with E-state index >= 15 is 0 Å². The number of carbonyl (C=O) groups is 2. The summed E-state index contributed by atoms with van der Waals surface area (Å²) in [5, 5.41) is 0. The van der Waals surface area contributed by atoms with Crippen molar-refractivity contribution in [1.82, 2.24) is 4.90 Å². The average molecular weight is 380 g/mol. The second-order valence-corrected chi connectivity index (χ2v) is 6.39. The van der Waals surface area contributed by atoms with Crippen LogP contribution in [0.2, 0.25) is 0 Å². The lowest BCUT2D eigenvalue weighted by molar-refractivity contribution is -0.148. The van der Waals surface area contributed by atoms with Crippen LogP contribution in [0.4, 0.5) is 5.69 Å². The van der Waals surface area contributed by atoms with Gasteiger partial charge in [-0.3, -0.25) is 4.79 Å². The lowest BCUT2D eigenvalue weighted by Crippen LogP contribution is -2.49. The third kappa shape index (κ3) is 5.13. The molecule has 1 saturated heterocycles. The van der Waals surface area contributed by atoms with Gasteiger partial charge in [0.05, 0.1) is 7.11 Å². The summed E-state index contributed by atoms with van der Waals surface area (Å²) in [4.78, 5) is 28.2. The molecule has 2 aromatic rings. The van der Waals surface area contributed by atoms with E-state index < -0.39 is 5.97 Å². The number of esters is 1. The molecule has 1 heterocycles. The number of hydrogen-bond acceptors (Lipinski definition) is 5. The van der Waals surface area contributed by atoms with Crippen molar-refractivity contribution >= 4 is 23.6 Å². The first-order chi connectivity index (χ1) is 13.7. The van der Waals surface area contributed by atoms with Crippen LogP contribution in [-0.4, -0.2) is 56.7 Å². The van der Waals surface area contributed by atoms with E-state index in [0.29, 0.717) is 18.8 Å². The Kier molecular flexibility index (Phi) is 6.68. The Labute approximate surface area is 165 Å². The Morgan fingerprint density at radius 3 is 2.36 bits per heavy atom. The number of methoxy groups -OCH3 is 1. The van der Waals surface area contributed by atoms with Gasteiger partial charge in [0, 0.05) is 43.5 Å². The van der Waals surface area contributed by atoms with Crippen molar-refractivity contribution < 1.29 is 19.1 Å². The van der Waals surface area contributed by atoms with E-state index in [1.807, 2.05) is 42.5 Å². The molecule has 6 nitrogen and oxygen atoms in total. The normalized spacial score (nSPS) is 14.2. The third-order valence-electron chi connectivity index (χ3n) is 4.63. The fraction of sp³-hybridized carbons (Fsp3) is 0.273. The molecule has 0 aromatic heterocycles. The van der Waals surface area contributed by atoms with Crippen LogP contribution >= 0.6 is 0 Å². The molecule has 28 heavy (non-hydrogen) atoms. The molecule has 0 N–H and O–H groups in total. The number of nitrogens with zero attached hydrogens (tertiary/aromatic N) is 2. The van der Waals surface area contributed by atoms with E-state index in [0.717, 1.165) is 24.3 Å². The van der Waals surface area contributed by atoms with Gasteiger partial charge in [0.25, 0.3) is 5.91 Å². The van der Waals surface area contributed by atoms with Gasteiger partial charge in [-0.15, -0.1) is 0 Å². The summed E-state index contributed by atoms with van der Waals surface area (Å²) in [5.41, 5.74) is 1.92. The molecule has 0 aliphatic carbocycles. The average Bonchev–Trinajstić information content (AvgIpc) is 2.77. The number of hydrogen-bond donors (Lipinski definition) is 0. The zero-order chi connectivity index (χ0) is 19.8.